The van der Waals surface area contributed by atoms with Gasteiger partial charge in [0.2, 0.25) is 11.7 Å². The minimum absolute atomic E-state index is 0.0348. The molecule has 5 rings (SSSR count). The zero-order valence-electron chi connectivity index (χ0n) is 19.4. The number of aromatic amines is 1. The van der Waals surface area contributed by atoms with Gasteiger partial charge < -0.3 is 5.32 Å². The van der Waals surface area contributed by atoms with Crippen LogP contribution in [0.25, 0.3) is 17.0 Å². The number of benzene rings is 2. The molecule has 4 aromatic rings. The Morgan fingerprint density at radius 1 is 1.22 bits per heavy atom. The van der Waals surface area contributed by atoms with Gasteiger partial charge in [0, 0.05) is 16.7 Å². The summed E-state index contributed by atoms with van der Waals surface area (Å²) in [6.45, 7) is 4.09. The summed E-state index contributed by atoms with van der Waals surface area (Å²) in [5.41, 5.74) is 1.81. The van der Waals surface area contributed by atoms with E-state index >= 15 is 0 Å². The fourth-order valence-corrected chi connectivity index (χ4v) is 5.31. The number of thioether (sulfide) groups is 1. The maximum Gasteiger partial charge on any atom is 0.416 e. The van der Waals surface area contributed by atoms with Gasteiger partial charge >= 0.3 is 6.18 Å². The molecule has 0 fully saturated rings. The molecule has 1 unspecified atom stereocenters. The van der Waals surface area contributed by atoms with Gasteiger partial charge in [-0.25, -0.2) is 14.5 Å². The molecule has 1 atom stereocenters. The lowest BCUT2D eigenvalue weighted by molar-refractivity contribution is -0.137. The van der Waals surface area contributed by atoms with Crippen molar-refractivity contribution < 1.29 is 18.0 Å². The number of aromatic nitrogens is 4. The van der Waals surface area contributed by atoms with Crippen molar-refractivity contribution in [3.8, 4) is 11.3 Å². The SMILES string of the molecule is CCC1(C)Cc2ccccc2-c2nc3[nH]nc(SCC(=O)Nc4cccc(C(F)(F)F)c4)n3c(=O)c21. The molecule has 7 nitrogen and oxygen atoms in total. The molecule has 2 aromatic heterocycles. The van der Waals surface area contributed by atoms with Crippen LogP contribution in [0.4, 0.5) is 18.9 Å². The second kappa shape index (κ2) is 8.81. The smallest absolute Gasteiger partial charge is 0.325 e. The van der Waals surface area contributed by atoms with Crippen molar-refractivity contribution in [2.75, 3.05) is 11.1 Å². The Morgan fingerprint density at radius 2 is 2.00 bits per heavy atom. The van der Waals surface area contributed by atoms with Gasteiger partial charge in [-0.2, -0.15) is 13.2 Å². The van der Waals surface area contributed by atoms with E-state index in [0.29, 0.717) is 17.7 Å². The lowest BCUT2D eigenvalue weighted by Crippen LogP contribution is -2.37. The highest BCUT2D eigenvalue weighted by molar-refractivity contribution is 7.99. The second-order valence-corrected chi connectivity index (χ2v) is 9.91. The third-order valence-corrected chi connectivity index (χ3v) is 7.51. The summed E-state index contributed by atoms with van der Waals surface area (Å²) in [6.07, 6.45) is -3.07. The molecular weight excluding hydrogens is 491 g/mol. The van der Waals surface area contributed by atoms with E-state index in [1.807, 2.05) is 38.1 Å². The van der Waals surface area contributed by atoms with Crippen molar-refractivity contribution in [1.82, 2.24) is 19.6 Å². The van der Waals surface area contributed by atoms with Gasteiger partial charge in [-0.3, -0.25) is 9.59 Å². The first-order valence-electron chi connectivity index (χ1n) is 11.3. The third-order valence-electron chi connectivity index (χ3n) is 6.57. The van der Waals surface area contributed by atoms with E-state index in [9.17, 15) is 22.8 Å². The summed E-state index contributed by atoms with van der Waals surface area (Å²) < 4.78 is 40.2. The van der Waals surface area contributed by atoms with Crippen molar-refractivity contribution in [3.05, 3.63) is 75.6 Å². The summed E-state index contributed by atoms with van der Waals surface area (Å²) >= 11 is 0.998. The molecule has 0 saturated carbocycles. The first-order chi connectivity index (χ1) is 17.1. The first kappa shape index (κ1) is 24.1. The summed E-state index contributed by atoms with van der Waals surface area (Å²) in [6, 6.07) is 12.3. The van der Waals surface area contributed by atoms with E-state index in [2.05, 4.69) is 15.5 Å². The van der Waals surface area contributed by atoms with Crippen LogP contribution in [0.2, 0.25) is 0 Å². The molecule has 2 aromatic carbocycles. The minimum Gasteiger partial charge on any atom is -0.325 e. The number of H-pyrrole nitrogens is 1. The molecular formula is C25H22F3N5O2S. The van der Waals surface area contributed by atoms with Crippen LogP contribution in [0.15, 0.2) is 58.5 Å². The molecule has 1 aliphatic carbocycles. The van der Waals surface area contributed by atoms with Gasteiger partial charge in [-0.15, -0.1) is 5.10 Å². The number of alkyl halides is 3. The molecule has 11 heteroatoms. The Balaban J connectivity index is 1.44. The largest absolute Gasteiger partial charge is 0.416 e. The van der Waals surface area contributed by atoms with Crippen molar-refractivity contribution in [2.45, 2.75) is 43.4 Å². The number of carbonyl (C=O) groups excluding carboxylic acids is 1. The number of carbonyl (C=O) groups is 1. The van der Waals surface area contributed by atoms with Crippen LogP contribution in [-0.2, 0) is 22.8 Å². The van der Waals surface area contributed by atoms with Crippen molar-refractivity contribution >= 4 is 29.1 Å². The van der Waals surface area contributed by atoms with E-state index in [4.69, 9.17) is 4.98 Å². The third kappa shape index (κ3) is 4.17. The van der Waals surface area contributed by atoms with Gasteiger partial charge in [0.1, 0.15) is 0 Å². The number of rotatable bonds is 5. The quantitative estimate of drug-likeness (QED) is 0.364. The number of nitrogens with zero attached hydrogens (tertiary/aromatic N) is 3. The van der Waals surface area contributed by atoms with Gasteiger partial charge in [0.05, 0.1) is 22.6 Å². The Hall–Kier alpha value is -3.60. The minimum atomic E-state index is -4.51. The molecule has 0 aliphatic heterocycles. The highest BCUT2D eigenvalue weighted by Crippen LogP contribution is 2.42. The predicted octanol–water partition coefficient (Wildman–Crippen LogP) is 5.06. The number of amides is 1. The number of halogens is 3. The van der Waals surface area contributed by atoms with Gasteiger partial charge in [-0.05, 0) is 36.6 Å². The fourth-order valence-electron chi connectivity index (χ4n) is 4.57. The lowest BCUT2D eigenvalue weighted by atomic mass is 9.69. The van der Waals surface area contributed by atoms with Crippen molar-refractivity contribution in [3.63, 3.8) is 0 Å². The summed E-state index contributed by atoms with van der Waals surface area (Å²) in [4.78, 5) is 30.9. The van der Waals surface area contributed by atoms with E-state index in [0.717, 1.165) is 41.4 Å². The van der Waals surface area contributed by atoms with Crippen LogP contribution in [0.1, 0.15) is 37.0 Å². The van der Waals surface area contributed by atoms with Gasteiger partial charge in [-0.1, -0.05) is 55.9 Å². The second-order valence-electron chi connectivity index (χ2n) is 8.97. The number of hydrogen-bond acceptors (Lipinski definition) is 5. The number of fused-ring (bicyclic) bond motifs is 4. The van der Waals surface area contributed by atoms with Crippen molar-refractivity contribution in [1.29, 1.82) is 0 Å². The lowest BCUT2D eigenvalue weighted by Gasteiger charge is -2.34. The average molecular weight is 514 g/mol. The molecule has 0 bridgehead atoms. The molecule has 0 radical (unpaired) electrons. The maximum atomic E-state index is 13.7. The Bertz CT molecular complexity index is 1540. The van der Waals surface area contributed by atoms with Crippen LogP contribution in [0, 0.1) is 0 Å². The number of nitrogens with one attached hydrogen (secondary N) is 2. The predicted molar refractivity (Wildman–Crippen MR) is 131 cm³/mol. The van der Waals surface area contributed by atoms with E-state index < -0.39 is 23.1 Å². The zero-order chi connectivity index (χ0) is 25.7. The highest BCUT2D eigenvalue weighted by atomic mass is 32.2. The zero-order valence-corrected chi connectivity index (χ0v) is 20.3. The molecule has 2 N–H and O–H groups in total. The summed E-state index contributed by atoms with van der Waals surface area (Å²) in [7, 11) is 0. The molecule has 186 valence electrons. The number of hydrogen-bond donors (Lipinski definition) is 2. The van der Waals surface area contributed by atoms with Crippen LogP contribution in [-0.4, -0.2) is 31.2 Å². The summed E-state index contributed by atoms with van der Waals surface area (Å²) in [5.74, 6) is -0.426. The summed E-state index contributed by atoms with van der Waals surface area (Å²) in [5, 5.41) is 9.68. The molecule has 1 aliphatic rings. The van der Waals surface area contributed by atoms with Gasteiger partial charge in [0.15, 0.2) is 5.16 Å². The standard InChI is InChI=1S/C25H22F3N5O2S/c1-3-24(2)12-14-7-4-5-10-17(14)20-19(24)21(35)33-22(30-20)31-32-23(33)36-13-18(34)29-16-9-6-8-15(11-16)25(26,27)28/h4-11H,3,12-13H2,1-2H3,(H,29,34)(H,30,31). The number of anilines is 1. The highest BCUT2D eigenvalue weighted by Gasteiger charge is 2.38. The van der Waals surface area contributed by atoms with Crippen molar-refractivity contribution in [2.24, 2.45) is 0 Å². The molecule has 0 spiro atoms. The van der Waals surface area contributed by atoms with Crippen LogP contribution in [0.3, 0.4) is 0 Å². The Morgan fingerprint density at radius 3 is 2.75 bits per heavy atom. The first-order valence-corrected chi connectivity index (χ1v) is 12.3. The Kier molecular flexibility index (Phi) is 5.90. The van der Waals surface area contributed by atoms with E-state index in [1.54, 1.807) is 0 Å². The fraction of sp³-hybridized carbons (Fsp3) is 0.280. The maximum absolute atomic E-state index is 13.7. The van der Waals surface area contributed by atoms with Crippen LogP contribution >= 0.6 is 11.8 Å². The molecule has 0 saturated heterocycles. The Labute approximate surface area is 208 Å². The molecule has 2 heterocycles. The molecule has 36 heavy (non-hydrogen) atoms. The van der Waals surface area contributed by atoms with Gasteiger partial charge in [0.25, 0.3) is 5.56 Å². The monoisotopic (exact) mass is 513 g/mol. The van der Waals surface area contributed by atoms with E-state index in [-0.39, 0.29) is 27.9 Å². The molecule has 1 amide bonds. The topological polar surface area (TPSA) is 92.2 Å². The average Bonchev–Trinajstić information content (AvgIpc) is 3.26. The van der Waals surface area contributed by atoms with Crippen LogP contribution in [0.5, 0.6) is 0 Å². The normalized spacial score (nSPS) is 17.0. The van der Waals surface area contributed by atoms with E-state index in [1.165, 1.54) is 16.5 Å². The van der Waals surface area contributed by atoms with Crippen LogP contribution < -0.4 is 10.9 Å².